The van der Waals surface area contributed by atoms with Crippen molar-refractivity contribution in [1.82, 2.24) is 14.8 Å². The molecule has 2 N–H and O–H groups in total. The molecule has 27 heavy (non-hydrogen) atoms. The van der Waals surface area contributed by atoms with E-state index in [1.807, 2.05) is 13.0 Å². The molecule has 0 unspecified atom stereocenters. The molecule has 2 amide bonds. The van der Waals surface area contributed by atoms with E-state index in [0.717, 1.165) is 37.7 Å². The number of benzene rings is 1. The maximum absolute atomic E-state index is 11.9. The summed E-state index contributed by atoms with van der Waals surface area (Å²) in [6.07, 6.45) is 7.75. The first-order chi connectivity index (χ1) is 13.2. The summed E-state index contributed by atoms with van der Waals surface area (Å²) in [5.74, 6) is 0. The Morgan fingerprint density at radius 3 is 2.81 bits per heavy atom. The van der Waals surface area contributed by atoms with Gasteiger partial charge in [0.1, 0.15) is 0 Å². The molecule has 150 valence electrons. The van der Waals surface area contributed by atoms with Crippen LogP contribution in [0.4, 0.5) is 10.5 Å². The van der Waals surface area contributed by atoms with E-state index in [4.69, 9.17) is 0 Å². The Morgan fingerprint density at radius 1 is 1.26 bits per heavy atom. The summed E-state index contributed by atoms with van der Waals surface area (Å²) in [6, 6.07) is 7.02. The van der Waals surface area contributed by atoms with Crippen LogP contribution in [0.25, 0.3) is 10.9 Å². The van der Waals surface area contributed by atoms with E-state index in [1.165, 1.54) is 54.4 Å². The van der Waals surface area contributed by atoms with Gasteiger partial charge < -0.3 is 15.2 Å². The molecule has 4 rings (SSSR count). The van der Waals surface area contributed by atoms with E-state index >= 15 is 0 Å². The highest BCUT2D eigenvalue weighted by Crippen LogP contribution is 2.35. The fraction of sp³-hybridized carbons (Fsp3) is 0.591. The van der Waals surface area contributed by atoms with Crippen molar-refractivity contribution >= 4 is 22.6 Å². The zero-order valence-corrected chi connectivity index (χ0v) is 16.7. The summed E-state index contributed by atoms with van der Waals surface area (Å²) < 4.78 is 2.52. The average Bonchev–Trinajstić information content (AvgIpc) is 3.29. The summed E-state index contributed by atoms with van der Waals surface area (Å²) in [6.45, 7) is 8.11. The first-order valence-corrected chi connectivity index (χ1v) is 10.6. The average molecular weight is 373 g/mol. The quantitative estimate of drug-likeness (QED) is 0.777. The highest BCUT2D eigenvalue weighted by molar-refractivity contribution is 5.94. The number of carbonyl (C=O) groups excluding carboxylic acids is 1. The zero-order valence-electron chi connectivity index (χ0n) is 16.7. The third-order valence-electron chi connectivity index (χ3n) is 6.17. The van der Waals surface area contributed by atoms with Gasteiger partial charge in [-0.25, -0.2) is 4.79 Å². The van der Waals surface area contributed by atoms with Crippen LogP contribution in [0.15, 0.2) is 18.2 Å². The lowest BCUT2D eigenvalue weighted by molar-refractivity contribution is 0.180. The second-order valence-electron chi connectivity index (χ2n) is 7.95. The van der Waals surface area contributed by atoms with Gasteiger partial charge in [0.15, 0.2) is 0 Å². The van der Waals surface area contributed by atoms with Gasteiger partial charge in [0.2, 0.25) is 0 Å². The summed E-state index contributed by atoms with van der Waals surface area (Å²) >= 11 is 0. The maximum atomic E-state index is 11.9. The Labute approximate surface area is 165 Å². The van der Waals surface area contributed by atoms with Gasteiger partial charge in [0.05, 0.1) is 0 Å². The normalized spacial score (nSPS) is 18.0. The molecule has 2 aliphatic rings. The molecule has 5 heteroatoms. The van der Waals surface area contributed by atoms with E-state index in [1.54, 1.807) is 0 Å². The molecule has 0 bridgehead atoms. The molecule has 5 nitrogen and oxygen atoms in total. The predicted molar refractivity (Wildman–Crippen MR) is 116 cm³/mol. The number of urea groups is 1. The number of hydrogen-bond acceptors (Lipinski definition) is 2. The number of aryl methyl sites for hydroxylation is 1. The predicted octanol–water partition coefficient (Wildman–Crippen LogP) is 4.99. The van der Waals surface area contributed by atoms with Gasteiger partial charge in [-0.05, 0) is 49.9 Å². The molecule has 1 aliphatic carbocycles. The molecule has 1 fully saturated rings. The van der Waals surface area contributed by atoms with Crippen molar-refractivity contribution in [3.63, 3.8) is 0 Å². The molecule has 1 aromatic heterocycles. The number of aromatic nitrogens is 1. The van der Waals surface area contributed by atoms with Crippen LogP contribution >= 0.6 is 0 Å². The third kappa shape index (κ3) is 3.57. The number of carbonyl (C=O) groups is 1. The lowest BCUT2D eigenvalue weighted by atomic mass is 10.0. The topological polar surface area (TPSA) is 49.3 Å². The minimum Gasteiger partial charge on any atom is -0.344 e. The number of anilines is 1. The summed E-state index contributed by atoms with van der Waals surface area (Å²) in [5, 5.41) is 7.10. The van der Waals surface area contributed by atoms with Crippen LogP contribution < -0.4 is 10.6 Å². The minimum absolute atomic E-state index is 0. The van der Waals surface area contributed by atoms with Crippen LogP contribution in [-0.2, 0) is 19.5 Å². The monoisotopic (exact) mass is 372 g/mol. The molecule has 0 atom stereocenters. The fourth-order valence-electron chi connectivity index (χ4n) is 4.94. The SMILES string of the molecule is CCCn1c2c(c3cc(NC(=O)NCC)ccc31)CN(C1CCCC1)CC2.[HH].[HH]. The number of hydrogen-bond donors (Lipinski definition) is 2. The van der Waals surface area contributed by atoms with Gasteiger partial charge in [-0.1, -0.05) is 19.8 Å². The Hall–Kier alpha value is -2.01. The van der Waals surface area contributed by atoms with Crippen molar-refractivity contribution in [2.75, 3.05) is 18.4 Å². The van der Waals surface area contributed by atoms with Crippen LogP contribution in [0.2, 0.25) is 0 Å². The van der Waals surface area contributed by atoms with E-state index in [9.17, 15) is 4.79 Å². The fourth-order valence-corrected chi connectivity index (χ4v) is 4.94. The standard InChI is InChI=1S/C22H32N4O.2H2/c1-3-12-26-20-10-9-16(24-22(27)23-4-2)14-18(20)19-15-25(13-11-21(19)26)17-7-5-6-8-17;;/h9-10,14,17H,3-8,11-13,15H2,1-2H3,(H2,23,24,27);2*1H. The van der Waals surface area contributed by atoms with Gasteiger partial charge >= 0.3 is 6.03 Å². The van der Waals surface area contributed by atoms with Crippen LogP contribution in [0, 0.1) is 0 Å². The van der Waals surface area contributed by atoms with E-state index < -0.39 is 0 Å². The van der Waals surface area contributed by atoms with Crippen LogP contribution in [0.5, 0.6) is 0 Å². The van der Waals surface area contributed by atoms with Crippen molar-refractivity contribution in [2.24, 2.45) is 0 Å². The lowest BCUT2D eigenvalue weighted by Crippen LogP contribution is -2.38. The second kappa shape index (κ2) is 7.93. The molecular formula is C22H36N4O. The molecule has 1 aliphatic heterocycles. The molecule has 0 radical (unpaired) electrons. The van der Waals surface area contributed by atoms with Gasteiger partial charge in [-0.15, -0.1) is 0 Å². The molecule has 2 aromatic rings. The molecule has 1 saturated carbocycles. The number of fused-ring (bicyclic) bond motifs is 3. The number of amides is 2. The number of rotatable bonds is 5. The van der Waals surface area contributed by atoms with Gasteiger partial charge in [0, 0.05) is 63.8 Å². The van der Waals surface area contributed by atoms with Crippen molar-refractivity contribution in [3.05, 3.63) is 29.5 Å². The van der Waals surface area contributed by atoms with E-state index in [2.05, 4.69) is 39.2 Å². The number of nitrogens with zero attached hydrogens (tertiary/aromatic N) is 2. The summed E-state index contributed by atoms with van der Waals surface area (Å²) in [4.78, 5) is 14.6. The van der Waals surface area contributed by atoms with Crippen molar-refractivity contribution in [2.45, 2.75) is 71.5 Å². The van der Waals surface area contributed by atoms with Crippen molar-refractivity contribution in [1.29, 1.82) is 0 Å². The van der Waals surface area contributed by atoms with Crippen LogP contribution in [0.1, 0.15) is 60.1 Å². The van der Waals surface area contributed by atoms with Gasteiger partial charge in [-0.3, -0.25) is 4.90 Å². The summed E-state index contributed by atoms with van der Waals surface area (Å²) in [5.41, 5.74) is 5.19. The Kier molecular flexibility index (Phi) is 5.39. The molecule has 2 heterocycles. The molecule has 0 spiro atoms. The maximum Gasteiger partial charge on any atom is 0.319 e. The van der Waals surface area contributed by atoms with Crippen LogP contribution in [-0.4, -0.2) is 34.6 Å². The smallest absolute Gasteiger partial charge is 0.319 e. The lowest BCUT2D eigenvalue weighted by Gasteiger charge is -2.33. The van der Waals surface area contributed by atoms with E-state index in [0.29, 0.717) is 6.54 Å². The first-order valence-electron chi connectivity index (χ1n) is 10.6. The minimum atomic E-state index is -0.133. The molecule has 0 saturated heterocycles. The van der Waals surface area contributed by atoms with E-state index in [-0.39, 0.29) is 8.88 Å². The van der Waals surface area contributed by atoms with Crippen molar-refractivity contribution in [3.8, 4) is 0 Å². The molecular weight excluding hydrogens is 336 g/mol. The van der Waals surface area contributed by atoms with Gasteiger partial charge in [-0.2, -0.15) is 0 Å². The first kappa shape index (κ1) is 18.4. The third-order valence-corrected chi connectivity index (χ3v) is 6.17. The highest BCUT2D eigenvalue weighted by atomic mass is 16.2. The second-order valence-corrected chi connectivity index (χ2v) is 7.95. The van der Waals surface area contributed by atoms with Gasteiger partial charge in [0.25, 0.3) is 0 Å². The Morgan fingerprint density at radius 2 is 2.07 bits per heavy atom. The Balaban J connectivity index is 0.00000150. The summed E-state index contributed by atoms with van der Waals surface area (Å²) in [7, 11) is 0. The Bertz CT molecular complexity index is 830. The van der Waals surface area contributed by atoms with Crippen LogP contribution in [0.3, 0.4) is 0 Å². The number of nitrogens with one attached hydrogen (secondary N) is 2. The largest absolute Gasteiger partial charge is 0.344 e. The molecule has 1 aromatic carbocycles. The highest BCUT2D eigenvalue weighted by Gasteiger charge is 2.29. The van der Waals surface area contributed by atoms with Crippen molar-refractivity contribution < 1.29 is 7.65 Å². The zero-order chi connectivity index (χ0) is 18.8.